The average Bonchev–Trinajstić information content (AvgIpc) is 1.89. The SMILES string of the molecule is B.CCCCC(CC)C(=O)O.[Zr]. The van der Waals surface area contributed by atoms with Gasteiger partial charge in [0.15, 0.2) is 0 Å². The Labute approximate surface area is 95.8 Å². The summed E-state index contributed by atoms with van der Waals surface area (Å²) in [6.07, 6.45) is 3.71. The van der Waals surface area contributed by atoms with Crippen LogP contribution in [0.1, 0.15) is 39.5 Å². The van der Waals surface area contributed by atoms with Crippen LogP contribution in [0.4, 0.5) is 0 Å². The summed E-state index contributed by atoms with van der Waals surface area (Å²) in [4.78, 5) is 10.4. The van der Waals surface area contributed by atoms with Crippen LogP contribution in [-0.4, -0.2) is 19.5 Å². The Balaban J connectivity index is -0.000000405. The Kier molecular flexibility index (Phi) is 17.4. The molecule has 0 aromatic heterocycles. The van der Waals surface area contributed by atoms with Crippen molar-refractivity contribution in [1.29, 1.82) is 0 Å². The zero-order valence-corrected chi connectivity index (χ0v) is 9.72. The predicted octanol–water partition coefficient (Wildman–Crippen LogP) is 1.10. The Morgan fingerprint density at radius 1 is 1.42 bits per heavy atom. The zero-order chi connectivity index (χ0) is 7.98. The van der Waals surface area contributed by atoms with Gasteiger partial charge in [0.1, 0.15) is 0 Å². The van der Waals surface area contributed by atoms with Crippen LogP contribution in [0.3, 0.4) is 0 Å². The molecular weight excluding hydrogens is 230 g/mol. The maximum Gasteiger partial charge on any atom is 0.306 e. The molecule has 0 rings (SSSR count). The predicted molar refractivity (Wildman–Crippen MR) is 50.9 cm³/mol. The Morgan fingerprint density at radius 3 is 2.17 bits per heavy atom. The number of rotatable bonds is 5. The minimum Gasteiger partial charge on any atom is -0.481 e. The first kappa shape index (κ1) is 18.3. The summed E-state index contributed by atoms with van der Waals surface area (Å²) in [5, 5.41) is 8.60. The van der Waals surface area contributed by atoms with E-state index >= 15 is 0 Å². The van der Waals surface area contributed by atoms with Crippen LogP contribution >= 0.6 is 0 Å². The Hall–Kier alpha value is 0.418. The average molecular weight is 249 g/mol. The molecule has 1 unspecified atom stereocenters. The van der Waals surface area contributed by atoms with E-state index in [0.29, 0.717) is 0 Å². The van der Waals surface area contributed by atoms with Gasteiger partial charge >= 0.3 is 5.97 Å². The first-order valence-electron chi connectivity index (χ1n) is 3.95. The second-order valence-electron chi connectivity index (χ2n) is 2.59. The number of carbonyl (C=O) groups is 1. The van der Waals surface area contributed by atoms with Crippen LogP contribution < -0.4 is 0 Å². The zero-order valence-electron chi connectivity index (χ0n) is 7.26. The summed E-state index contributed by atoms with van der Waals surface area (Å²) in [5.74, 6) is -0.754. The molecule has 70 valence electrons. The van der Waals surface area contributed by atoms with Crippen molar-refractivity contribution in [2.45, 2.75) is 39.5 Å². The van der Waals surface area contributed by atoms with E-state index in [9.17, 15) is 4.79 Å². The molecule has 0 radical (unpaired) electrons. The van der Waals surface area contributed by atoms with Crippen LogP contribution in [0.5, 0.6) is 0 Å². The molecule has 0 amide bonds. The number of carboxylic acids is 1. The summed E-state index contributed by atoms with van der Waals surface area (Å²) in [6.45, 7) is 4.00. The fourth-order valence-corrected chi connectivity index (χ4v) is 0.953. The van der Waals surface area contributed by atoms with E-state index in [1.807, 2.05) is 6.92 Å². The molecule has 0 aromatic carbocycles. The van der Waals surface area contributed by atoms with Gasteiger partial charge in [-0.1, -0.05) is 26.7 Å². The number of aliphatic carboxylic acids is 1. The van der Waals surface area contributed by atoms with Gasteiger partial charge in [0, 0.05) is 26.2 Å². The molecule has 0 aliphatic rings. The van der Waals surface area contributed by atoms with Crippen molar-refractivity contribution < 1.29 is 36.1 Å². The maximum atomic E-state index is 10.4. The van der Waals surface area contributed by atoms with Gasteiger partial charge in [-0.15, -0.1) is 0 Å². The molecule has 4 heteroatoms. The Bertz CT molecular complexity index is 109. The molecule has 0 aliphatic carbocycles. The molecule has 0 bridgehead atoms. The fourth-order valence-electron chi connectivity index (χ4n) is 0.953. The second kappa shape index (κ2) is 11.4. The van der Waals surface area contributed by atoms with Crippen molar-refractivity contribution in [2.24, 2.45) is 5.92 Å². The Morgan fingerprint density at radius 2 is 1.92 bits per heavy atom. The van der Waals surface area contributed by atoms with E-state index in [0.717, 1.165) is 25.7 Å². The number of carboxylic acid groups (broad SMARTS) is 1. The maximum absolute atomic E-state index is 10.4. The van der Waals surface area contributed by atoms with Crippen LogP contribution in [0, 0.1) is 5.92 Å². The summed E-state index contributed by atoms with van der Waals surface area (Å²) in [7, 11) is 0. The van der Waals surface area contributed by atoms with E-state index < -0.39 is 5.97 Å². The third kappa shape index (κ3) is 8.51. The number of unbranched alkanes of at least 4 members (excludes halogenated alkanes) is 1. The van der Waals surface area contributed by atoms with E-state index in [1.54, 1.807) is 0 Å². The second-order valence-corrected chi connectivity index (χ2v) is 2.59. The molecule has 0 aliphatic heterocycles. The molecule has 0 saturated carbocycles. The van der Waals surface area contributed by atoms with Crippen molar-refractivity contribution in [3.8, 4) is 0 Å². The summed E-state index contributed by atoms with van der Waals surface area (Å²) < 4.78 is 0. The van der Waals surface area contributed by atoms with Gasteiger partial charge in [0.05, 0.1) is 14.3 Å². The van der Waals surface area contributed by atoms with Crippen molar-refractivity contribution in [2.75, 3.05) is 0 Å². The summed E-state index contributed by atoms with van der Waals surface area (Å²) >= 11 is 0. The van der Waals surface area contributed by atoms with Gasteiger partial charge in [-0.05, 0) is 12.8 Å². The van der Waals surface area contributed by atoms with Gasteiger partial charge in [-0.3, -0.25) is 4.79 Å². The van der Waals surface area contributed by atoms with Crippen molar-refractivity contribution >= 4 is 14.4 Å². The van der Waals surface area contributed by atoms with E-state index in [1.165, 1.54) is 0 Å². The number of hydrogen-bond donors (Lipinski definition) is 1. The standard InChI is InChI=1S/C8H16O2.BH3.Zr/c1-3-5-6-7(4-2)8(9)10;;/h7H,3-6H2,1-2H3,(H,9,10);1H3;. The minimum atomic E-state index is -0.643. The topological polar surface area (TPSA) is 37.3 Å². The van der Waals surface area contributed by atoms with Gasteiger partial charge in [0.2, 0.25) is 0 Å². The molecule has 12 heavy (non-hydrogen) atoms. The molecule has 0 fully saturated rings. The molecule has 0 spiro atoms. The smallest absolute Gasteiger partial charge is 0.306 e. The number of hydrogen-bond acceptors (Lipinski definition) is 1. The monoisotopic (exact) mass is 248 g/mol. The van der Waals surface area contributed by atoms with Crippen LogP contribution in [0.25, 0.3) is 0 Å². The van der Waals surface area contributed by atoms with Gasteiger partial charge in [-0.25, -0.2) is 0 Å². The third-order valence-corrected chi connectivity index (χ3v) is 1.75. The summed E-state index contributed by atoms with van der Waals surface area (Å²) in [6, 6.07) is 0. The van der Waals surface area contributed by atoms with E-state index in [4.69, 9.17) is 5.11 Å². The largest absolute Gasteiger partial charge is 0.481 e. The molecule has 1 N–H and O–H groups in total. The first-order valence-corrected chi connectivity index (χ1v) is 3.95. The van der Waals surface area contributed by atoms with Crippen molar-refractivity contribution in [1.82, 2.24) is 0 Å². The van der Waals surface area contributed by atoms with Crippen LogP contribution in [0.2, 0.25) is 0 Å². The third-order valence-electron chi connectivity index (χ3n) is 1.75. The minimum absolute atomic E-state index is 0. The molecule has 0 aromatic rings. The van der Waals surface area contributed by atoms with Crippen LogP contribution in [-0.2, 0) is 31.0 Å². The van der Waals surface area contributed by atoms with Gasteiger partial charge < -0.3 is 5.11 Å². The van der Waals surface area contributed by atoms with Crippen LogP contribution in [0.15, 0.2) is 0 Å². The normalized spacial score (nSPS) is 10.8. The molecular formula is C8H19BO2Zr. The van der Waals surface area contributed by atoms with Crippen molar-refractivity contribution in [3.05, 3.63) is 0 Å². The van der Waals surface area contributed by atoms with E-state index in [2.05, 4.69) is 6.92 Å². The summed E-state index contributed by atoms with van der Waals surface area (Å²) in [5.41, 5.74) is 0. The molecule has 0 heterocycles. The molecule has 0 saturated heterocycles. The molecule has 1 atom stereocenters. The fraction of sp³-hybridized carbons (Fsp3) is 0.875. The van der Waals surface area contributed by atoms with E-state index in [-0.39, 0.29) is 40.5 Å². The quantitative estimate of drug-likeness (QED) is 0.741. The van der Waals surface area contributed by atoms with Gasteiger partial charge in [0.25, 0.3) is 0 Å². The van der Waals surface area contributed by atoms with Gasteiger partial charge in [-0.2, -0.15) is 0 Å². The molecule has 2 nitrogen and oxygen atoms in total. The first-order chi connectivity index (χ1) is 4.72. The van der Waals surface area contributed by atoms with Crippen molar-refractivity contribution in [3.63, 3.8) is 0 Å².